The summed E-state index contributed by atoms with van der Waals surface area (Å²) in [7, 11) is -1.38. The fraction of sp³-hybridized carbons (Fsp3) is 0.161. The molecule has 1 aliphatic heterocycles. The van der Waals surface area contributed by atoms with Crippen molar-refractivity contribution >= 4 is 26.6 Å². The minimum absolute atomic E-state index is 0.402. The van der Waals surface area contributed by atoms with E-state index in [9.17, 15) is 9.59 Å². The average Bonchev–Trinajstić information content (AvgIpc) is 3.20. The topological polar surface area (TPSA) is 71.1 Å². The normalized spacial score (nSPS) is 17.0. The number of rotatable bonds is 10. The Balaban J connectivity index is 1.61. The van der Waals surface area contributed by atoms with Gasteiger partial charge in [0.15, 0.2) is 11.5 Å². The molecule has 0 radical (unpaired) electrons. The molecule has 1 aliphatic rings. The van der Waals surface area contributed by atoms with Gasteiger partial charge in [-0.2, -0.15) is 0 Å². The van der Waals surface area contributed by atoms with Crippen molar-refractivity contribution in [3.8, 4) is 34.5 Å². The van der Waals surface area contributed by atoms with Crippen molar-refractivity contribution in [2.24, 2.45) is 5.92 Å². The molecular weight excluding hydrogens is 496 g/mol. The van der Waals surface area contributed by atoms with Crippen LogP contribution in [0.1, 0.15) is 19.8 Å². The van der Waals surface area contributed by atoms with E-state index < -0.39 is 32.9 Å². The molecule has 0 aliphatic carbocycles. The Morgan fingerprint density at radius 3 is 1.74 bits per heavy atom. The van der Waals surface area contributed by atoms with Gasteiger partial charge in [-0.25, -0.2) is 0 Å². The molecule has 4 aromatic carbocycles. The Bertz CT molecular complexity index is 1390. The van der Waals surface area contributed by atoms with Crippen LogP contribution in [0.4, 0.5) is 0 Å². The van der Waals surface area contributed by atoms with Gasteiger partial charge in [-0.3, -0.25) is 9.59 Å². The van der Waals surface area contributed by atoms with Crippen molar-refractivity contribution in [1.29, 1.82) is 0 Å². The van der Waals surface area contributed by atoms with Crippen LogP contribution in [-0.2, 0) is 14.3 Å². The first-order chi connectivity index (χ1) is 18.6. The summed E-state index contributed by atoms with van der Waals surface area (Å²) >= 11 is 0. The zero-order valence-corrected chi connectivity index (χ0v) is 22.5. The van der Waals surface area contributed by atoms with E-state index in [4.69, 9.17) is 18.9 Å². The number of cyclic esters (lactones) is 2. The summed E-state index contributed by atoms with van der Waals surface area (Å²) in [6.07, 6.45) is 1.40. The summed E-state index contributed by atoms with van der Waals surface area (Å²) < 4.78 is 24.2. The highest BCUT2D eigenvalue weighted by Gasteiger charge is 2.44. The fourth-order valence-electron chi connectivity index (χ4n) is 4.53. The SMILES string of the molecule is CCCC1C(=O)OC(=O)C1[SiH2]c1ccc(Oc2ccccc2)c(Oc2ccccc2)c1Oc1ccccc1. The third-order valence-corrected chi connectivity index (χ3v) is 8.73. The van der Waals surface area contributed by atoms with Crippen molar-refractivity contribution in [3.63, 3.8) is 0 Å². The van der Waals surface area contributed by atoms with Crippen LogP contribution in [0.25, 0.3) is 0 Å². The summed E-state index contributed by atoms with van der Waals surface area (Å²) in [6, 6.07) is 32.0. The molecule has 192 valence electrons. The van der Waals surface area contributed by atoms with Gasteiger partial charge in [0.25, 0.3) is 0 Å². The second-order valence-corrected chi connectivity index (χ2v) is 11.1. The van der Waals surface area contributed by atoms with Gasteiger partial charge in [-0.05, 0) is 54.1 Å². The highest BCUT2D eigenvalue weighted by molar-refractivity contribution is 6.61. The minimum Gasteiger partial charge on any atom is -0.453 e. The lowest BCUT2D eigenvalue weighted by molar-refractivity contribution is -0.153. The Morgan fingerprint density at radius 2 is 1.18 bits per heavy atom. The monoisotopic (exact) mass is 524 g/mol. The standard InChI is InChI=1S/C31H28O6Si/c1-2-12-24-29(31(33)37-30(24)32)38-26-20-19-25(34-21-13-6-3-7-14-21)27(35-22-15-8-4-9-16-22)28(26)36-23-17-10-5-11-18-23/h3-11,13-20,24,29H,2,12,38H2,1H3. The summed E-state index contributed by atoms with van der Waals surface area (Å²) in [5.74, 6) is 1.93. The summed E-state index contributed by atoms with van der Waals surface area (Å²) in [4.78, 5) is 25.1. The number of para-hydroxylation sites is 3. The van der Waals surface area contributed by atoms with E-state index in [1.54, 1.807) is 0 Å². The van der Waals surface area contributed by atoms with Gasteiger partial charge in [0.1, 0.15) is 17.2 Å². The number of hydrogen-bond acceptors (Lipinski definition) is 6. The zero-order chi connectivity index (χ0) is 26.3. The first-order valence-electron chi connectivity index (χ1n) is 12.7. The Kier molecular flexibility index (Phi) is 7.85. The third kappa shape index (κ3) is 5.79. The summed E-state index contributed by atoms with van der Waals surface area (Å²) in [6.45, 7) is 2.00. The molecule has 0 spiro atoms. The van der Waals surface area contributed by atoms with E-state index in [0.29, 0.717) is 40.9 Å². The maximum Gasteiger partial charge on any atom is 0.317 e. The highest BCUT2D eigenvalue weighted by atomic mass is 28.2. The summed E-state index contributed by atoms with van der Waals surface area (Å²) in [5.41, 5.74) is -0.467. The van der Waals surface area contributed by atoms with Gasteiger partial charge in [-0.1, -0.05) is 74.0 Å². The number of esters is 2. The van der Waals surface area contributed by atoms with Crippen LogP contribution in [0.5, 0.6) is 34.5 Å². The first-order valence-corrected chi connectivity index (χ1v) is 14.2. The van der Waals surface area contributed by atoms with Crippen molar-refractivity contribution in [2.45, 2.75) is 25.3 Å². The first kappa shape index (κ1) is 25.3. The van der Waals surface area contributed by atoms with Crippen molar-refractivity contribution in [3.05, 3.63) is 103 Å². The molecule has 1 fully saturated rings. The van der Waals surface area contributed by atoms with E-state index in [-0.39, 0.29) is 0 Å². The van der Waals surface area contributed by atoms with E-state index in [2.05, 4.69) is 0 Å². The third-order valence-electron chi connectivity index (χ3n) is 6.39. The van der Waals surface area contributed by atoms with Gasteiger partial charge in [0, 0.05) is 0 Å². The Hall–Kier alpha value is -4.36. The molecule has 7 heteroatoms. The molecule has 1 heterocycles. The van der Waals surface area contributed by atoms with Crippen molar-refractivity contribution in [2.75, 3.05) is 0 Å². The van der Waals surface area contributed by atoms with Gasteiger partial charge in [0.2, 0.25) is 5.75 Å². The second-order valence-electron chi connectivity index (χ2n) is 9.07. The van der Waals surface area contributed by atoms with Gasteiger partial charge >= 0.3 is 11.9 Å². The number of carbonyl (C=O) groups excluding carboxylic acids is 2. The van der Waals surface area contributed by atoms with E-state index in [0.717, 1.165) is 11.6 Å². The quantitative estimate of drug-likeness (QED) is 0.141. The average molecular weight is 525 g/mol. The van der Waals surface area contributed by atoms with Crippen LogP contribution < -0.4 is 19.4 Å². The predicted molar refractivity (Wildman–Crippen MR) is 147 cm³/mol. The molecule has 5 rings (SSSR count). The van der Waals surface area contributed by atoms with Gasteiger partial charge in [0.05, 0.1) is 21.0 Å². The van der Waals surface area contributed by atoms with Gasteiger partial charge in [-0.15, -0.1) is 0 Å². The number of benzene rings is 4. The lowest BCUT2D eigenvalue weighted by atomic mass is 10.0. The fourth-order valence-corrected chi connectivity index (χ4v) is 6.64. The molecule has 0 aromatic heterocycles. The molecule has 4 aromatic rings. The second kappa shape index (κ2) is 11.8. The van der Waals surface area contributed by atoms with E-state index in [1.807, 2.05) is 110 Å². The van der Waals surface area contributed by atoms with Gasteiger partial charge < -0.3 is 18.9 Å². The van der Waals surface area contributed by atoms with Crippen molar-refractivity contribution < 1.29 is 28.5 Å². The molecule has 38 heavy (non-hydrogen) atoms. The highest BCUT2D eigenvalue weighted by Crippen LogP contribution is 2.44. The van der Waals surface area contributed by atoms with Crippen LogP contribution in [-0.4, -0.2) is 21.5 Å². The maximum atomic E-state index is 12.7. The van der Waals surface area contributed by atoms with Crippen molar-refractivity contribution in [1.82, 2.24) is 0 Å². The van der Waals surface area contributed by atoms with Crippen LogP contribution >= 0.6 is 0 Å². The van der Waals surface area contributed by atoms with Crippen LogP contribution in [0.2, 0.25) is 5.54 Å². The molecule has 2 atom stereocenters. The predicted octanol–water partition coefficient (Wildman–Crippen LogP) is 6.15. The maximum absolute atomic E-state index is 12.7. The van der Waals surface area contributed by atoms with Crippen LogP contribution in [0, 0.1) is 5.92 Å². The molecule has 0 bridgehead atoms. The molecule has 0 N–H and O–H groups in total. The number of ether oxygens (including phenoxy) is 4. The number of carbonyl (C=O) groups is 2. The Morgan fingerprint density at radius 1 is 0.658 bits per heavy atom. The summed E-state index contributed by atoms with van der Waals surface area (Å²) in [5, 5.41) is 0.845. The molecule has 6 nitrogen and oxygen atoms in total. The zero-order valence-electron chi connectivity index (χ0n) is 21.0. The Labute approximate surface area is 224 Å². The lowest BCUT2D eigenvalue weighted by Gasteiger charge is -2.21. The lowest BCUT2D eigenvalue weighted by Crippen LogP contribution is -2.28. The molecule has 0 saturated carbocycles. The molecule has 1 saturated heterocycles. The molecular formula is C31H28O6Si. The van der Waals surface area contributed by atoms with E-state index >= 15 is 0 Å². The van der Waals surface area contributed by atoms with Crippen LogP contribution in [0.3, 0.4) is 0 Å². The minimum atomic E-state index is -1.38. The molecule has 0 amide bonds. The number of hydrogen-bond donors (Lipinski definition) is 0. The largest absolute Gasteiger partial charge is 0.453 e. The van der Waals surface area contributed by atoms with Crippen LogP contribution in [0.15, 0.2) is 103 Å². The molecule has 2 unspecified atom stereocenters. The smallest absolute Gasteiger partial charge is 0.317 e. The van der Waals surface area contributed by atoms with E-state index in [1.165, 1.54) is 0 Å².